The number of carbonyl (C=O) groups excluding carboxylic acids is 1. The van der Waals surface area contributed by atoms with Crippen LogP contribution < -0.4 is 9.62 Å². The van der Waals surface area contributed by atoms with Crippen LogP contribution >= 0.6 is 0 Å². The highest BCUT2D eigenvalue weighted by Gasteiger charge is 2.27. The molecule has 87 heavy (non-hydrogen) atoms. The summed E-state index contributed by atoms with van der Waals surface area (Å²) >= 11 is 0. The van der Waals surface area contributed by atoms with E-state index in [0.717, 1.165) is 116 Å². The Morgan fingerprint density at radius 2 is 1.05 bits per heavy atom. The van der Waals surface area contributed by atoms with E-state index in [9.17, 15) is 43.0 Å². The summed E-state index contributed by atoms with van der Waals surface area (Å²) in [5.74, 6) is 0.604. The van der Waals surface area contributed by atoms with E-state index in [1.54, 1.807) is 0 Å². The summed E-state index contributed by atoms with van der Waals surface area (Å²) in [6.07, 6.45) is 15.8. The number of benzene rings is 4. The number of ether oxygens (including phenoxy) is 1. The molecule has 0 amide bonds. The van der Waals surface area contributed by atoms with Gasteiger partial charge in [-0.1, -0.05) is 147 Å². The zero-order chi connectivity index (χ0) is 63.1. The van der Waals surface area contributed by atoms with E-state index in [4.69, 9.17) is 13.8 Å². The summed E-state index contributed by atoms with van der Waals surface area (Å²) in [4.78, 5) is 20.1. The molecule has 0 bridgehead atoms. The maximum Gasteiger partial charge on any atom is 0.323 e. The Bertz CT molecular complexity index is 3130. The summed E-state index contributed by atoms with van der Waals surface area (Å²) in [6.45, 7) is 14.7. The van der Waals surface area contributed by atoms with E-state index >= 15 is 0 Å². The number of hydrogen-bond acceptors (Lipinski definition) is 14. The van der Waals surface area contributed by atoms with Crippen LogP contribution in [-0.2, 0) is 62.8 Å². The first-order chi connectivity index (χ1) is 41.4. The Morgan fingerprint density at radius 1 is 0.598 bits per heavy atom. The van der Waals surface area contributed by atoms with Crippen LogP contribution in [0, 0.1) is 17.8 Å². The molecule has 4 aliphatic rings. The number of rotatable bonds is 27. The van der Waals surface area contributed by atoms with E-state index < -0.39 is 52.4 Å². The molecule has 0 radical (unpaired) electrons. The summed E-state index contributed by atoms with van der Waals surface area (Å²) in [6, 6.07) is 40.9. The molecule has 1 unspecified atom stereocenters. The van der Waals surface area contributed by atoms with Gasteiger partial charge >= 0.3 is 5.97 Å². The molecular formula is C65H97N5O13S4. The third-order valence-electron chi connectivity index (χ3n) is 16.1. The van der Waals surface area contributed by atoms with E-state index in [1.807, 2.05) is 62.4 Å². The van der Waals surface area contributed by atoms with Gasteiger partial charge in [-0.2, -0.15) is 16.8 Å². The van der Waals surface area contributed by atoms with Crippen LogP contribution in [0.5, 0.6) is 0 Å². The van der Waals surface area contributed by atoms with Gasteiger partial charge in [0.15, 0.2) is 0 Å². The normalized spacial score (nSPS) is 18.1. The molecule has 484 valence electrons. The lowest BCUT2D eigenvalue weighted by atomic mass is 9.90. The highest BCUT2D eigenvalue weighted by Crippen LogP contribution is 2.25. The maximum absolute atomic E-state index is 12.4. The molecule has 4 aromatic rings. The summed E-state index contributed by atoms with van der Waals surface area (Å²) in [5, 5.41) is 0. The first kappa shape index (κ1) is 73.0. The van der Waals surface area contributed by atoms with Crippen LogP contribution in [0.4, 0.5) is 0 Å². The van der Waals surface area contributed by atoms with Crippen molar-refractivity contribution in [2.75, 3.05) is 109 Å². The van der Waals surface area contributed by atoms with E-state index in [-0.39, 0.29) is 28.9 Å². The fraction of sp³-hybridized carbons (Fsp3) is 0.554. The second kappa shape index (κ2) is 38.1. The minimum absolute atomic E-state index is 0.0303. The van der Waals surface area contributed by atoms with Gasteiger partial charge in [0.1, 0.15) is 12.6 Å². The van der Waals surface area contributed by atoms with Crippen molar-refractivity contribution < 1.29 is 61.8 Å². The molecule has 0 aromatic heterocycles. The quantitative estimate of drug-likeness (QED) is 0.0335. The van der Waals surface area contributed by atoms with Gasteiger partial charge in [-0.25, -0.2) is 21.6 Å². The molecule has 4 N–H and O–H groups in total. The van der Waals surface area contributed by atoms with Gasteiger partial charge < -0.3 is 24.0 Å². The van der Waals surface area contributed by atoms with Crippen LogP contribution in [0.3, 0.4) is 0 Å². The highest BCUT2D eigenvalue weighted by atomic mass is 32.2. The lowest BCUT2D eigenvalue weighted by Crippen LogP contribution is -3.12. The van der Waals surface area contributed by atoms with Gasteiger partial charge in [0.25, 0.3) is 20.2 Å². The predicted octanol–water partition coefficient (Wildman–Crippen LogP) is 7.40. The van der Waals surface area contributed by atoms with Gasteiger partial charge in [0, 0.05) is 37.3 Å². The van der Waals surface area contributed by atoms with Crippen LogP contribution in [-0.4, -0.2) is 183 Å². The SMILES string of the molecule is COC(=O)[C@H](CC(C)C)NS(=O)(=O)CCCN1CCC(Cc2ccccc2)CC1.O=S(=O)(O)CCCN1CC=C(c2ccccc2)CC1.O=S(=O)(O)CCCN1CCC(Cc2ccccc2)CC1.O=S(=O)([O-])CCC[NH+]1CCC=C(c2ccccc2)C1. The Hall–Kier alpha value is -4.69. The molecule has 0 spiro atoms. The molecule has 4 heterocycles. The summed E-state index contributed by atoms with van der Waals surface area (Å²) in [7, 11) is -13.9. The number of methoxy groups -OCH3 is 1. The first-order valence-corrected chi connectivity index (χ1v) is 37.3. The minimum Gasteiger partial charge on any atom is -0.748 e. The van der Waals surface area contributed by atoms with Crippen molar-refractivity contribution in [3.8, 4) is 0 Å². The second-order valence-electron chi connectivity index (χ2n) is 23.8. The van der Waals surface area contributed by atoms with Gasteiger partial charge in [-0.3, -0.25) is 18.8 Å². The zero-order valence-corrected chi connectivity index (χ0v) is 54.6. The third-order valence-corrected chi connectivity index (χ3v) is 20.0. The van der Waals surface area contributed by atoms with E-state index in [1.165, 1.54) is 58.3 Å². The first-order valence-electron chi connectivity index (χ1n) is 30.9. The number of quaternary nitrogens is 1. The number of esters is 1. The van der Waals surface area contributed by atoms with Crippen LogP contribution in [0.1, 0.15) is 107 Å². The monoisotopic (exact) mass is 1280 g/mol. The van der Waals surface area contributed by atoms with Crippen LogP contribution in [0.2, 0.25) is 0 Å². The molecule has 0 saturated carbocycles. The fourth-order valence-corrected chi connectivity index (χ4v) is 14.3. The standard InChI is InChI=1S/C22H36N2O4S.C15H23NO3S.2C14H19NO3S/c1-18(2)16-21(22(25)28-3)23-29(26,27)15-7-12-24-13-10-20(11-14-24)17-19-8-5-4-6-9-19;17-20(18,19)12-4-9-16-10-7-15(8-11-16)13-14-5-2-1-3-6-14;16-19(17,18)11-5-10-15-9-4-8-14(12-15)13-6-2-1-3-7-13;16-19(17,18)12-4-9-15-10-7-14(8-11-15)13-5-2-1-3-6-13/h4-6,8-9,18,20-21,23H,7,10-17H2,1-3H3;1-3,5-6,15H,4,7-13H2,(H,17,18,19);1-3,6-8H,4-5,9-12H2,(H,16,17,18);1-3,5-7H,4,8-12H2,(H,16,17,18)/t21-;;;/m0.../s1. The second-order valence-corrected chi connectivity index (χ2v) is 30.3. The van der Waals surface area contributed by atoms with E-state index in [0.29, 0.717) is 44.6 Å². The van der Waals surface area contributed by atoms with Crippen molar-refractivity contribution in [3.63, 3.8) is 0 Å². The van der Waals surface area contributed by atoms with Gasteiger partial charge in [0.05, 0.1) is 47.6 Å². The maximum atomic E-state index is 12.4. The highest BCUT2D eigenvalue weighted by molar-refractivity contribution is 7.89. The van der Waals surface area contributed by atoms with E-state index in [2.05, 4.69) is 104 Å². The molecule has 2 atom stereocenters. The topological polar surface area (TPSA) is 253 Å². The molecule has 2 fully saturated rings. The molecule has 2 saturated heterocycles. The number of piperidine rings is 2. The number of carbonyl (C=O) groups is 1. The fourth-order valence-electron chi connectivity index (χ4n) is 11.5. The Balaban J connectivity index is 0.000000215. The van der Waals surface area contributed by atoms with Crippen molar-refractivity contribution in [3.05, 3.63) is 156 Å². The average Bonchev–Trinajstić information content (AvgIpc) is 3.64. The van der Waals surface area contributed by atoms with Gasteiger partial charge in [-0.05, 0) is 162 Å². The van der Waals surface area contributed by atoms with Crippen molar-refractivity contribution in [2.45, 2.75) is 103 Å². The summed E-state index contributed by atoms with van der Waals surface area (Å²) < 4.78 is 124. The molecule has 4 aromatic carbocycles. The van der Waals surface area contributed by atoms with Crippen molar-refractivity contribution >= 4 is 57.5 Å². The number of nitrogens with one attached hydrogen (secondary N) is 2. The average molecular weight is 1280 g/mol. The molecule has 8 rings (SSSR count). The largest absolute Gasteiger partial charge is 0.748 e. The van der Waals surface area contributed by atoms with Crippen LogP contribution in [0.25, 0.3) is 11.1 Å². The molecule has 22 heteroatoms. The Labute approximate surface area is 521 Å². The smallest absolute Gasteiger partial charge is 0.323 e. The Kier molecular flexibility index (Phi) is 32.0. The van der Waals surface area contributed by atoms with Gasteiger partial charge in [0.2, 0.25) is 10.0 Å². The zero-order valence-electron chi connectivity index (χ0n) is 51.4. The lowest BCUT2D eigenvalue weighted by molar-refractivity contribution is -0.893. The number of sulfonamides is 1. The van der Waals surface area contributed by atoms with Crippen molar-refractivity contribution in [1.29, 1.82) is 0 Å². The molecule has 0 aliphatic carbocycles. The van der Waals surface area contributed by atoms with Gasteiger partial charge in [-0.15, -0.1) is 0 Å². The van der Waals surface area contributed by atoms with Crippen molar-refractivity contribution in [1.82, 2.24) is 19.4 Å². The lowest BCUT2D eigenvalue weighted by Gasteiger charge is -2.32. The Morgan fingerprint density at radius 3 is 1.47 bits per heavy atom. The number of likely N-dealkylation sites (tertiary alicyclic amines) is 2. The summed E-state index contributed by atoms with van der Waals surface area (Å²) in [5.41, 5.74) is 7.96. The molecular weight excluding hydrogens is 1190 g/mol. The predicted molar refractivity (Wildman–Crippen MR) is 347 cm³/mol. The molecule has 18 nitrogen and oxygen atoms in total. The number of hydrogen-bond donors (Lipinski definition) is 4. The van der Waals surface area contributed by atoms with Crippen LogP contribution in [0.15, 0.2) is 133 Å². The third kappa shape index (κ3) is 32.1. The minimum atomic E-state index is -4.07. The van der Waals surface area contributed by atoms with Crippen molar-refractivity contribution in [2.24, 2.45) is 17.8 Å². The molecule has 4 aliphatic heterocycles. The number of nitrogens with zero attached hydrogens (tertiary/aromatic N) is 3.